The molecular formula is C15H14ClN3. The molecule has 0 saturated carbocycles. The van der Waals surface area contributed by atoms with Crippen LogP contribution in [-0.2, 0) is 0 Å². The molecule has 0 unspecified atom stereocenters. The maximum Gasteiger partial charge on any atom is 0.161 e. The molecule has 3 nitrogen and oxygen atoms in total. The van der Waals surface area contributed by atoms with Gasteiger partial charge in [0.2, 0.25) is 0 Å². The Kier molecular flexibility index (Phi) is 2.72. The van der Waals surface area contributed by atoms with Crippen molar-refractivity contribution < 1.29 is 0 Å². The van der Waals surface area contributed by atoms with E-state index < -0.39 is 0 Å². The first kappa shape index (κ1) is 12.1. The molecule has 0 fully saturated rings. The summed E-state index contributed by atoms with van der Waals surface area (Å²) in [5, 5.41) is 0.612. The molecule has 1 aromatic carbocycles. The minimum Gasteiger partial charge on any atom is -0.396 e. The average Bonchev–Trinajstić information content (AvgIpc) is 2.69. The quantitative estimate of drug-likeness (QED) is 0.730. The highest BCUT2D eigenvalue weighted by Gasteiger charge is 2.12. The third-order valence-corrected chi connectivity index (χ3v) is 3.49. The van der Waals surface area contributed by atoms with Gasteiger partial charge in [0, 0.05) is 17.5 Å². The zero-order chi connectivity index (χ0) is 13.6. The van der Waals surface area contributed by atoms with E-state index in [1.54, 1.807) is 6.07 Å². The number of aryl methyl sites for hydroxylation is 2. The number of aromatic nitrogens is 2. The van der Waals surface area contributed by atoms with E-state index in [2.05, 4.69) is 36.2 Å². The lowest BCUT2D eigenvalue weighted by molar-refractivity contribution is 1.11. The van der Waals surface area contributed by atoms with Crippen LogP contribution in [0.25, 0.3) is 16.9 Å². The first-order valence-corrected chi connectivity index (χ1v) is 6.45. The normalized spacial score (nSPS) is 11.1. The van der Waals surface area contributed by atoms with Crippen molar-refractivity contribution in [1.29, 1.82) is 0 Å². The van der Waals surface area contributed by atoms with Gasteiger partial charge in [-0.1, -0.05) is 41.4 Å². The third-order valence-electron chi connectivity index (χ3n) is 3.28. The molecule has 4 heteroatoms. The number of nitrogen functional groups attached to an aromatic ring is 1. The first-order valence-electron chi connectivity index (χ1n) is 6.07. The summed E-state index contributed by atoms with van der Waals surface area (Å²) in [5.41, 5.74) is 11.6. The zero-order valence-electron chi connectivity index (χ0n) is 10.8. The average molecular weight is 272 g/mol. The fraction of sp³-hybridized carbons (Fsp3) is 0.133. The van der Waals surface area contributed by atoms with Gasteiger partial charge in [0.1, 0.15) is 0 Å². The van der Waals surface area contributed by atoms with Crippen molar-refractivity contribution >= 4 is 22.9 Å². The lowest BCUT2D eigenvalue weighted by atomic mass is 10.1. The van der Waals surface area contributed by atoms with Crippen molar-refractivity contribution in [3.63, 3.8) is 0 Å². The maximum atomic E-state index is 6.04. The number of anilines is 1. The van der Waals surface area contributed by atoms with E-state index in [1.807, 2.05) is 17.5 Å². The van der Waals surface area contributed by atoms with Crippen LogP contribution in [-0.4, -0.2) is 9.38 Å². The molecule has 0 radical (unpaired) electrons. The van der Waals surface area contributed by atoms with Gasteiger partial charge in [0.05, 0.1) is 16.4 Å². The van der Waals surface area contributed by atoms with E-state index in [1.165, 1.54) is 5.56 Å². The van der Waals surface area contributed by atoms with Crippen LogP contribution in [0.4, 0.5) is 5.69 Å². The number of nitrogens with two attached hydrogens (primary N) is 1. The Balaban J connectivity index is 2.28. The monoisotopic (exact) mass is 271 g/mol. The second-order valence-electron chi connectivity index (χ2n) is 4.72. The molecule has 0 saturated heterocycles. The molecule has 3 rings (SSSR count). The van der Waals surface area contributed by atoms with Crippen LogP contribution in [0.15, 0.2) is 36.5 Å². The molecule has 96 valence electrons. The Labute approximate surface area is 116 Å². The molecule has 0 amide bonds. The molecule has 19 heavy (non-hydrogen) atoms. The Morgan fingerprint density at radius 2 is 1.84 bits per heavy atom. The number of halogens is 1. The lowest BCUT2D eigenvalue weighted by Gasteiger charge is -2.01. The van der Waals surface area contributed by atoms with Gasteiger partial charge in [0.15, 0.2) is 5.65 Å². The maximum absolute atomic E-state index is 6.04. The lowest BCUT2D eigenvalue weighted by Crippen LogP contribution is -1.93. The first-order chi connectivity index (χ1) is 9.06. The van der Waals surface area contributed by atoms with Crippen molar-refractivity contribution in [2.24, 2.45) is 0 Å². The van der Waals surface area contributed by atoms with Gasteiger partial charge < -0.3 is 10.1 Å². The van der Waals surface area contributed by atoms with E-state index in [9.17, 15) is 0 Å². The highest BCUT2D eigenvalue weighted by atomic mass is 35.5. The number of rotatable bonds is 1. The van der Waals surface area contributed by atoms with Crippen LogP contribution in [0.5, 0.6) is 0 Å². The van der Waals surface area contributed by atoms with Crippen molar-refractivity contribution in [1.82, 2.24) is 9.38 Å². The summed E-state index contributed by atoms with van der Waals surface area (Å²) in [4.78, 5) is 4.63. The van der Waals surface area contributed by atoms with Gasteiger partial charge in [-0.15, -0.1) is 0 Å². The van der Waals surface area contributed by atoms with Gasteiger partial charge in [-0.2, -0.15) is 0 Å². The number of imidazole rings is 1. The molecule has 0 aliphatic heterocycles. The molecule has 3 aromatic rings. The smallest absolute Gasteiger partial charge is 0.161 e. The van der Waals surface area contributed by atoms with Crippen LogP contribution in [0.3, 0.4) is 0 Å². The third kappa shape index (κ3) is 1.96. The van der Waals surface area contributed by atoms with E-state index in [0.717, 1.165) is 22.6 Å². The van der Waals surface area contributed by atoms with Gasteiger partial charge in [0.25, 0.3) is 0 Å². The highest BCUT2D eigenvalue weighted by molar-refractivity contribution is 6.30. The Hall–Kier alpha value is -2.00. The fourth-order valence-corrected chi connectivity index (χ4v) is 2.45. The number of nitrogens with zero attached hydrogens (tertiary/aromatic N) is 2. The fourth-order valence-electron chi connectivity index (χ4n) is 2.23. The summed E-state index contributed by atoms with van der Waals surface area (Å²) >= 11 is 6.04. The second-order valence-corrected chi connectivity index (χ2v) is 5.16. The summed E-state index contributed by atoms with van der Waals surface area (Å²) in [6.45, 7) is 4.09. The topological polar surface area (TPSA) is 43.3 Å². The van der Waals surface area contributed by atoms with E-state index in [0.29, 0.717) is 10.7 Å². The van der Waals surface area contributed by atoms with Crippen molar-refractivity contribution in [2.45, 2.75) is 13.8 Å². The molecular weight excluding hydrogens is 258 g/mol. The largest absolute Gasteiger partial charge is 0.396 e. The zero-order valence-corrected chi connectivity index (χ0v) is 11.6. The number of fused-ring (bicyclic) bond motifs is 1. The van der Waals surface area contributed by atoms with Crippen LogP contribution in [0.2, 0.25) is 5.02 Å². The Morgan fingerprint density at radius 3 is 2.53 bits per heavy atom. The minimum absolute atomic E-state index is 0.592. The molecule has 0 bridgehead atoms. The predicted molar refractivity (Wildman–Crippen MR) is 79.5 cm³/mol. The summed E-state index contributed by atoms with van der Waals surface area (Å²) in [7, 11) is 0. The van der Waals surface area contributed by atoms with Gasteiger partial charge >= 0.3 is 0 Å². The Bertz CT molecular complexity index is 757. The van der Waals surface area contributed by atoms with Crippen LogP contribution in [0.1, 0.15) is 11.3 Å². The van der Waals surface area contributed by atoms with Gasteiger partial charge in [-0.3, -0.25) is 0 Å². The van der Waals surface area contributed by atoms with Crippen LogP contribution < -0.4 is 5.73 Å². The Morgan fingerprint density at radius 1 is 1.16 bits per heavy atom. The summed E-state index contributed by atoms with van der Waals surface area (Å²) in [5.74, 6) is 0. The van der Waals surface area contributed by atoms with Crippen LogP contribution >= 0.6 is 11.6 Å². The number of hydrogen-bond acceptors (Lipinski definition) is 2. The summed E-state index contributed by atoms with van der Waals surface area (Å²) in [6, 6.07) is 10.0. The predicted octanol–water partition coefficient (Wildman–Crippen LogP) is 3.85. The van der Waals surface area contributed by atoms with E-state index in [4.69, 9.17) is 17.3 Å². The molecule has 2 heterocycles. The minimum atomic E-state index is 0.592. The van der Waals surface area contributed by atoms with E-state index >= 15 is 0 Å². The molecule has 2 N–H and O–H groups in total. The molecule has 2 aromatic heterocycles. The van der Waals surface area contributed by atoms with Gasteiger partial charge in [-0.25, -0.2) is 4.98 Å². The van der Waals surface area contributed by atoms with Crippen molar-refractivity contribution in [2.75, 3.05) is 5.73 Å². The number of pyridine rings is 1. The standard InChI is InChI=1S/C15H14ClN3/c1-9-3-5-11(6-4-9)14-10(2)19-8-12(16)7-13(17)15(19)18-14/h3-8H,17H2,1-2H3. The van der Waals surface area contributed by atoms with Crippen molar-refractivity contribution in [3.8, 4) is 11.3 Å². The molecule has 0 aliphatic carbocycles. The molecule has 0 atom stereocenters. The van der Waals surface area contributed by atoms with Crippen LogP contribution in [0, 0.1) is 13.8 Å². The number of benzene rings is 1. The number of hydrogen-bond donors (Lipinski definition) is 1. The van der Waals surface area contributed by atoms with Crippen molar-refractivity contribution in [3.05, 3.63) is 52.8 Å². The van der Waals surface area contributed by atoms with E-state index in [-0.39, 0.29) is 0 Å². The summed E-state index contributed by atoms with van der Waals surface area (Å²) < 4.78 is 1.94. The summed E-state index contributed by atoms with van der Waals surface area (Å²) in [6.07, 6.45) is 1.84. The highest BCUT2D eigenvalue weighted by Crippen LogP contribution is 2.28. The molecule has 0 aliphatic rings. The SMILES string of the molecule is Cc1ccc(-c2nc3c(N)cc(Cl)cn3c2C)cc1. The molecule has 0 spiro atoms. The second kappa shape index (κ2) is 4.28. The van der Waals surface area contributed by atoms with Gasteiger partial charge in [-0.05, 0) is 19.9 Å².